The zero-order valence-corrected chi connectivity index (χ0v) is 37.2. The van der Waals surface area contributed by atoms with E-state index in [9.17, 15) is 38.9 Å². The largest absolute Gasteiger partial charge is 0.324 e. The van der Waals surface area contributed by atoms with E-state index in [1.165, 1.54) is 60.7 Å². The van der Waals surface area contributed by atoms with E-state index < -0.39 is 40.1 Å². The van der Waals surface area contributed by atoms with Gasteiger partial charge >= 0.3 is 0 Å². The minimum Gasteiger partial charge on any atom is -0.324 e. The van der Waals surface area contributed by atoms with Crippen molar-refractivity contribution in [1.29, 1.82) is 0 Å². The van der Waals surface area contributed by atoms with E-state index in [4.69, 9.17) is 0 Å². The summed E-state index contributed by atoms with van der Waals surface area (Å²) in [5.41, 5.74) is 2.45. The van der Waals surface area contributed by atoms with Gasteiger partial charge in [-0.3, -0.25) is 13.7 Å². The number of anilines is 12. The van der Waals surface area contributed by atoms with E-state index in [1.807, 2.05) is 66.7 Å². The van der Waals surface area contributed by atoms with Crippen molar-refractivity contribution < 1.29 is 38.9 Å². The number of nitrogens with one attached hydrogen (secondary N) is 6. The molecule has 21 nitrogen and oxygen atoms in total. The minimum atomic E-state index is -4.93. The summed E-state index contributed by atoms with van der Waals surface area (Å²) < 4.78 is 104. The van der Waals surface area contributed by atoms with Crippen LogP contribution in [-0.2, 0) is 30.4 Å². The van der Waals surface area contributed by atoms with Gasteiger partial charge in [0.15, 0.2) is 0 Å². The lowest BCUT2D eigenvalue weighted by Crippen LogP contribution is -2.08. The molecule has 0 fully saturated rings. The molecule has 8 rings (SSSR count). The summed E-state index contributed by atoms with van der Waals surface area (Å²) >= 11 is 0. The Morgan fingerprint density at radius 1 is 0.324 bits per heavy atom. The van der Waals surface area contributed by atoms with Gasteiger partial charge in [-0.2, -0.15) is 55.2 Å². The first kappa shape index (κ1) is 46.2. The summed E-state index contributed by atoms with van der Waals surface area (Å²) in [6, 6.07) is 40.1. The third kappa shape index (κ3) is 12.3. The molecule has 0 aliphatic rings. The highest BCUT2D eigenvalue weighted by molar-refractivity contribution is 7.86. The van der Waals surface area contributed by atoms with Gasteiger partial charge in [0, 0.05) is 34.1 Å². The van der Waals surface area contributed by atoms with Gasteiger partial charge in [-0.15, -0.1) is 0 Å². The molecule has 2 aromatic heterocycles. The van der Waals surface area contributed by atoms with E-state index in [0.717, 1.165) is 12.1 Å². The predicted octanol–water partition coefficient (Wildman–Crippen LogP) is 8.43. The number of rotatable bonds is 17. The lowest BCUT2D eigenvalue weighted by molar-refractivity contribution is 0.480. The average molecular weight is 973 g/mol. The first-order valence-electron chi connectivity index (χ1n) is 19.8. The lowest BCUT2D eigenvalue weighted by atomic mass is 10.1. The molecule has 68 heavy (non-hydrogen) atoms. The van der Waals surface area contributed by atoms with E-state index >= 15 is 0 Å². The minimum absolute atomic E-state index is 0.00864. The van der Waals surface area contributed by atoms with Crippen LogP contribution in [0.1, 0.15) is 11.1 Å². The normalized spacial score (nSPS) is 11.8. The Kier molecular flexibility index (Phi) is 13.3. The summed E-state index contributed by atoms with van der Waals surface area (Å²) in [4.78, 5) is 25.0. The van der Waals surface area contributed by atoms with Crippen LogP contribution in [0.25, 0.3) is 12.2 Å². The van der Waals surface area contributed by atoms with Crippen LogP contribution in [0.15, 0.2) is 166 Å². The first-order valence-corrected chi connectivity index (χ1v) is 24.1. The Hall–Kier alpha value is -8.39. The van der Waals surface area contributed by atoms with Gasteiger partial charge in [-0.05, 0) is 96.1 Å². The SMILES string of the molecule is O=S(=O)(O)c1ccc(Nc2nc(Nc3ccccc3)nc(Nc3ccc(C=Cc4ccc(Nc5nc(Nc6ccccc6)nc(Nc6ccccc6)n5)cc4S(=O)(=O)O)c(S(=O)(=O)O)c3)n2)cc1. The maximum absolute atomic E-state index is 12.8. The Morgan fingerprint density at radius 2 is 0.588 bits per heavy atom. The maximum atomic E-state index is 12.8. The van der Waals surface area contributed by atoms with Crippen LogP contribution in [0, 0.1) is 0 Å². The van der Waals surface area contributed by atoms with Crippen LogP contribution < -0.4 is 31.9 Å². The summed E-state index contributed by atoms with van der Waals surface area (Å²) in [5, 5.41) is 18.0. The number of hydrogen-bond donors (Lipinski definition) is 9. The molecule has 0 bridgehead atoms. The number of aromatic nitrogens is 6. The van der Waals surface area contributed by atoms with Crippen molar-refractivity contribution in [2.45, 2.75) is 14.7 Å². The summed E-state index contributed by atoms with van der Waals surface area (Å²) in [7, 11) is -14.3. The topological polar surface area (TPSA) is 313 Å². The number of para-hydroxylation sites is 3. The van der Waals surface area contributed by atoms with Gasteiger partial charge in [0.05, 0.1) is 4.90 Å². The van der Waals surface area contributed by atoms with Crippen molar-refractivity contribution in [1.82, 2.24) is 29.9 Å². The van der Waals surface area contributed by atoms with E-state index in [1.54, 1.807) is 24.3 Å². The van der Waals surface area contributed by atoms with Crippen LogP contribution >= 0.6 is 0 Å². The number of hydrogen-bond acceptors (Lipinski definition) is 18. The van der Waals surface area contributed by atoms with Crippen LogP contribution in [0.3, 0.4) is 0 Å². The fraction of sp³-hybridized carbons (Fsp3) is 0. The summed E-state index contributed by atoms with van der Waals surface area (Å²) in [6.45, 7) is 0. The molecule has 8 aromatic rings. The second kappa shape index (κ2) is 19.6. The standard InChI is InChI=1S/C44H36N12O9S3/c57-66(58,59)36-24-22-33(23-25-36)48-42-52-41(47-32-14-8-3-9-15-32)55-44(56-42)50-35-21-19-29(38(27-35)68(63,64)65)17-16-28-18-20-34(26-37(28)67(60,61)62)49-43-53-39(45-30-10-4-1-5-11-30)51-40(54-43)46-31-12-6-2-7-13-31/h1-27H,(H,57,58,59)(H,60,61,62)(H,63,64,65)(H3,45,46,49,51,53,54)(H3,47,48,50,52,55,56). The first-order chi connectivity index (χ1) is 32.5. The van der Waals surface area contributed by atoms with Crippen LogP contribution in [0.2, 0.25) is 0 Å². The second-order valence-corrected chi connectivity index (χ2v) is 18.5. The number of benzene rings is 6. The molecule has 344 valence electrons. The highest BCUT2D eigenvalue weighted by Crippen LogP contribution is 2.30. The van der Waals surface area contributed by atoms with Crippen LogP contribution in [0.4, 0.5) is 69.8 Å². The number of nitrogens with zero attached hydrogens (tertiary/aromatic N) is 6. The highest BCUT2D eigenvalue weighted by Gasteiger charge is 2.20. The monoisotopic (exact) mass is 972 g/mol. The van der Waals surface area contributed by atoms with Crippen LogP contribution in [0.5, 0.6) is 0 Å². The molecular formula is C44H36N12O9S3. The van der Waals surface area contributed by atoms with Gasteiger partial charge in [0.2, 0.25) is 35.7 Å². The molecule has 9 N–H and O–H groups in total. The van der Waals surface area contributed by atoms with Gasteiger partial charge in [0.1, 0.15) is 9.79 Å². The molecule has 0 aliphatic heterocycles. The third-order valence-electron chi connectivity index (χ3n) is 9.31. The van der Waals surface area contributed by atoms with Crippen molar-refractivity contribution in [3.05, 3.63) is 163 Å². The molecule has 0 amide bonds. The van der Waals surface area contributed by atoms with Crippen molar-refractivity contribution >= 4 is 112 Å². The molecule has 0 spiro atoms. The zero-order valence-electron chi connectivity index (χ0n) is 34.8. The smallest absolute Gasteiger partial charge is 0.295 e. The van der Waals surface area contributed by atoms with Gasteiger partial charge < -0.3 is 31.9 Å². The van der Waals surface area contributed by atoms with Crippen molar-refractivity contribution in [2.75, 3.05) is 31.9 Å². The van der Waals surface area contributed by atoms with E-state index in [2.05, 4.69) is 61.8 Å². The molecule has 0 atom stereocenters. The molecule has 6 aromatic carbocycles. The van der Waals surface area contributed by atoms with E-state index in [0.29, 0.717) is 22.7 Å². The Labute approximate surface area is 388 Å². The Morgan fingerprint density at radius 3 is 0.868 bits per heavy atom. The van der Waals surface area contributed by atoms with Crippen molar-refractivity contribution in [3.63, 3.8) is 0 Å². The van der Waals surface area contributed by atoms with Crippen LogP contribution in [-0.4, -0.2) is 68.8 Å². The fourth-order valence-corrected chi connectivity index (χ4v) is 8.16. The van der Waals surface area contributed by atoms with Gasteiger partial charge in [0.25, 0.3) is 30.4 Å². The molecule has 24 heteroatoms. The average Bonchev–Trinajstić information content (AvgIpc) is 3.29. The van der Waals surface area contributed by atoms with Gasteiger partial charge in [-0.1, -0.05) is 78.9 Å². The van der Waals surface area contributed by atoms with Crippen molar-refractivity contribution in [3.8, 4) is 0 Å². The molecular weight excluding hydrogens is 937 g/mol. The molecule has 0 aliphatic carbocycles. The second-order valence-electron chi connectivity index (χ2n) is 14.2. The summed E-state index contributed by atoms with van der Waals surface area (Å²) in [5.74, 6) is 0.224. The fourth-order valence-electron chi connectivity index (χ4n) is 6.26. The Balaban J connectivity index is 1.07. The summed E-state index contributed by atoms with van der Waals surface area (Å²) in [6.07, 6.45) is 2.48. The predicted molar refractivity (Wildman–Crippen MR) is 256 cm³/mol. The molecule has 0 unspecified atom stereocenters. The Bertz CT molecular complexity index is 3430. The lowest BCUT2D eigenvalue weighted by Gasteiger charge is -2.13. The molecule has 0 saturated carbocycles. The van der Waals surface area contributed by atoms with Crippen molar-refractivity contribution in [2.24, 2.45) is 0 Å². The van der Waals surface area contributed by atoms with Gasteiger partial charge in [-0.25, -0.2) is 0 Å². The molecule has 0 radical (unpaired) electrons. The highest BCUT2D eigenvalue weighted by atomic mass is 32.2. The quantitative estimate of drug-likeness (QED) is 0.0305. The molecule has 0 saturated heterocycles. The zero-order chi connectivity index (χ0) is 47.9. The third-order valence-corrected chi connectivity index (χ3v) is 12.0. The molecule has 2 heterocycles. The van der Waals surface area contributed by atoms with E-state index in [-0.39, 0.29) is 63.1 Å². The maximum Gasteiger partial charge on any atom is 0.295 e.